The predicted octanol–water partition coefficient (Wildman–Crippen LogP) is 2.46. The highest BCUT2D eigenvalue weighted by molar-refractivity contribution is 5.89. The average Bonchev–Trinajstić information content (AvgIpc) is 2.38. The number of carbonyl (C=O) groups is 1. The maximum atomic E-state index is 11.8. The smallest absolute Gasteiger partial charge is 0.319 e. The minimum atomic E-state index is -0.107. The molecule has 0 atom stereocenters. The van der Waals surface area contributed by atoms with Crippen molar-refractivity contribution in [2.75, 3.05) is 32.0 Å². The van der Waals surface area contributed by atoms with Crippen LogP contribution in [0.5, 0.6) is 0 Å². The number of likely N-dealkylation sites (tertiary alicyclic amines) is 1. The van der Waals surface area contributed by atoms with Crippen LogP contribution in [-0.2, 0) is 0 Å². The number of carbonyl (C=O) groups excluding carboxylic acids is 1. The van der Waals surface area contributed by atoms with Crippen LogP contribution in [0.2, 0.25) is 0 Å². The number of aryl methyl sites for hydroxylation is 1. The van der Waals surface area contributed by atoms with Crippen molar-refractivity contribution in [1.82, 2.24) is 10.2 Å². The minimum absolute atomic E-state index is 0.107. The molecule has 4 nitrogen and oxygen atoms in total. The van der Waals surface area contributed by atoms with Crippen LogP contribution in [0.1, 0.15) is 18.4 Å². The molecule has 0 saturated carbocycles. The third-order valence-corrected chi connectivity index (χ3v) is 3.67. The van der Waals surface area contributed by atoms with Gasteiger partial charge in [0.1, 0.15) is 0 Å². The molecular weight excluding hydrogens is 238 g/mol. The Morgan fingerprint density at radius 1 is 1.37 bits per heavy atom. The molecule has 19 heavy (non-hydrogen) atoms. The molecule has 0 unspecified atom stereocenters. The molecule has 1 saturated heterocycles. The van der Waals surface area contributed by atoms with Crippen LogP contribution in [0.4, 0.5) is 10.5 Å². The molecule has 0 spiro atoms. The summed E-state index contributed by atoms with van der Waals surface area (Å²) in [6, 6.07) is 7.73. The van der Waals surface area contributed by atoms with Gasteiger partial charge in [-0.25, -0.2) is 4.79 Å². The molecule has 0 radical (unpaired) electrons. The summed E-state index contributed by atoms with van der Waals surface area (Å²) in [5.74, 6) is 0.611. The van der Waals surface area contributed by atoms with Gasteiger partial charge < -0.3 is 15.5 Å². The topological polar surface area (TPSA) is 44.4 Å². The standard InChI is InChI=1S/C15H23N3O/c1-12-4-3-5-14(10-12)17-15(19)16-11-13-6-8-18(2)9-7-13/h3-5,10,13H,6-9,11H2,1-2H3,(H2,16,17,19). The number of nitrogens with one attached hydrogen (secondary N) is 2. The summed E-state index contributed by atoms with van der Waals surface area (Å²) < 4.78 is 0. The number of hydrogen-bond acceptors (Lipinski definition) is 2. The van der Waals surface area contributed by atoms with Gasteiger partial charge in [0, 0.05) is 12.2 Å². The third-order valence-electron chi connectivity index (χ3n) is 3.67. The lowest BCUT2D eigenvalue weighted by molar-refractivity contribution is 0.213. The molecule has 0 bridgehead atoms. The Kier molecular flexibility index (Phi) is 4.80. The Hall–Kier alpha value is -1.55. The van der Waals surface area contributed by atoms with Gasteiger partial charge in [0.25, 0.3) is 0 Å². The molecule has 104 valence electrons. The van der Waals surface area contributed by atoms with E-state index < -0.39 is 0 Å². The van der Waals surface area contributed by atoms with E-state index in [4.69, 9.17) is 0 Å². The van der Waals surface area contributed by atoms with Crippen molar-refractivity contribution in [3.63, 3.8) is 0 Å². The molecule has 1 aromatic carbocycles. The van der Waals surface area contributed by atoms with E-state index in [1.807, 2.05) is 31.2 Å². The summed E-state index contributed by atoms with van der Waals surface area (Å²) in [6.45, 7) is 5.05. The maximum Gasteiger partial charge on any atom is 0.319 e. The molecule has 0 aromatic heterocycles. The minimum Gasteiger partial charge on any atom is -0.338 e. The first-order valence-electron chi connectivity index (χ1n) is 6.93. The highest BCUT2D eigenvalue weighted by Gasteiger charge is 2.17. The number of anilines is 1. The Morgan fingerprint density at radius 3 is 2.79 bits per heavy atom. The maximum absolute atomic E-state index is 11.8. The molecule has 1 aromatic rings. The van der Waals surface area contributed by atoms with Crippen molar-refractivity contribution < 1.29 is 4.79 Å². The quantitative estimate of drug-likeness (QED) is 0.878. The second-order valence-corrected chi connectivity index (χ2v) is 5.45. The molecule has 4 heteroatoms. The highest BCUT2D eigenvalue weighted by Crippen LogP contribution is 2.15. The fourth-order valence-electron chi connectivity index (χ4n) is 2.40. The van der Waals surface area contributed by atoms with E-state index in [1.54, 1.807) is 0 Å². The zero-order valence-corrected chi connectivity index (χ0v) is 11.8. The largest absolute Gasteiger partial charge is 0.338 e. The third kappa shape index (κ3) is 4.56. The number of piperidine rings is 1. The second-order valence-electron chi connectivity index (χ2n) is 5.45. The summed E-state index contributed by atoms with van der Waals surface area (Å²) in [6.07, 6.45) is 2.34. The van der Waals surface area contributed by atoms with Crippen molar-refractivity contribution in [2.45, 2.75) is 19.8 Å². The molecule has 1 heterocycles. The molecule has 2 amide bonds. The lowest BCUT2D eigenvalue weighted by Crippen LogP contribution is -2.38. The van der Waals surface area contributed by atoms with Gasteiger partial charge in [-0.05, 0) is 63.5 Å². The van der Waals surface area contributed by atoms with Gasteiger partial charge in [-0.2, -0.15) is 0 Å². The molecule has 2 rings (SSSR count). The molecule has 0 aliphatic carbocycles. The summed E-state index contributed by atoms with van der Waals surface area (Å²) in [5.41, 5.74) is 1.99. The van der Waals surface area contributed by atoms with Gasteiger partial charge in [-0.3, -0.25) is 0 Å². The van der Waals surface area contributed by atoms with Crippen LogP contribution in [-0.4, -0.2) is 37.6 Å². The zero-order chi connectivity index (χ0) is 13.7. The van der Waals surface area contributed by atoms with Crippen LogP contribution in [0.25, 0.3) is 0 Å². The summed E-state index contributed by atoms with van der Waals surface area (Å²) >= 11 is 0. The number of amides is 2. The molecule has 1 aliphatic rings. The lowest BCUT2D eigenvalue weighted by atomic mass is 9.97. The Bertz CT molecular complexity index is 425. The molecule has 2 N–H and O–H groups in total. The van der Waals surface area contributed by atoms with E-state index >= 15 is 0 Å². The molecule has 1 aliphatic heterocycles. The van der Waals surface area contributed by atoms with E-state index in [-0.39, 0.29) is 6.03 Å². The van der Waals surface area contributed by atoms with Crippen LogP contribution in [0.15, 0.2) is 24.3 Å². The molecular formula is C15H23N3O. The van der Waals surface area contributed by atoms with Gasteiger partial charge in [0.15, 0.2) is 0 Å². The van der Waals surface area contributed by atoms with Crippen molar-refractivity contribution in [1.29, 1.82) is 0 Å². The fourth-order valence-corrected chi connectivity index (χ4v) is 2.40. The van der Waals surface area contributed by atoms with E-state index in [2.05, 4.69) is 22.6 Å². The summed E-state index contributed by atoms with van der Waals surface area (Å²) in [5, 5.41) is 5.84. The van der Waals surface area contributed by atoms with E-state index in [0.29, 0.717) is 5.92 Å². The molecule has 1 fully saturated rings. The second kappa shape index (κ2) is 6.57. The lowest BCUT2D eigenvalue weighted by Gasteiger charge is -2.28. The van der Waals surface area contributed by atoms with Gasteiger partial charge in [0.05, 0.1) is 0 Å². The van der Waals surface area contributed by atoms with Crippen LogP contribution in [0, 0.1) is 12.8 Å². The van der Waals surface area contributed by atoms with Crippen LogP contribution >= 0.6 is 0 Å². The monoisotopic (exact) mass is 261 g/mol. The predicted molar refractivity (Wildman–Crippen MR) is 78.4 cm³/mol. The van der Waals surface area contributed by atoms with Gasteiger partial charge in [-0.1, -0.05) is 12.1 Å². The Labute approximate surface area is 115 Å². The van der Waals surface area contributed by atoms with Gasteiger partial charge in [0.2, 0.25) is 0 Å². The van der Waals surface area contributed by atoms with Crippen LogP contribution in [0.3, 0.4) is 0 Å². The first-order valence-corrected chi connectivity index (χ1v) is 6.93. The average molecular weight is 261 g/mol. The van der Waals surface area contributed by atoms with Crippen LogP contribution < -0.4 is 10.6 Å². The SMILES string of the molecule is Cc1cccc(NC(=O)NCC2CCN(C)CC2)c1. The number of urea groups is 1. The normalized spacial score (nSPS) is 17.2. The number of hydrogen-bond donors (Lipinski definition) is 2. The first-order chi connectivity index (χ1) is 9.13. The summed E-state index contributed by atoms with van der Waals surface area (Å²) in [7, 11) is 2.15. The highest BCUT2D eigenvalue weighted by atomic mass is 16.2. The van der Waals surface area contributed by atoms with E-state index in [1.165, 1.54) is 12.8 Å². The van der Waals surface area contributed by atoms with Gasteiger partial charge in [-0.15, -0.1) is 0 Å². The zero-order valence-electron chi connectivity index (χ0n) is 11.8. The number of nitrogens with zero attached hydrogens (tertiary/aromatic N) is 1. The number of benzene rings is 1. The number of rotatable bonds is 3. The fraction of sp³-hybridized carbons (Fsp3) is 0.533. The van der Waals surface area contributed by atoms with Crippen molar-refractivity contribution in [2.24, 2.45) is 5.92 Å². The first kappa shape index (κ1) is 13.9. The van der Waals surface area contributed by atoms with Crippen molar-refractivity contribution >= 4 is 11.7 Å². The van der Waals surface area contributed by atoms with E-state index in [9.17, 15) is 4.79 Å². The van der Waals surface area contributed by atoms with Crippen molar-refractivity contribution in [3.05, 3.63) is 29.8 Å². The van der Waals surface area contributed by atoms with Crippen molar-refractivity contribution in [3.8, 4) is 0 Å². The van der Waals surface area contributed by atoms with Gasteiger partial charge >= 0.3 is 6.03 Å². The Morgan fingerprint density at radius 2 is 2.11 bits per heavy atom. The summed E-state index contributed by atoms with van der Waals surface area (Å²) in [4.78, 5) is 14.1. The Balaban J connectivity index is 1.73. The van der Waals surface area contributed by atoms with E-state index in [0.717, 1.165) is 30.9 Å².